The molecule has 10 heteroatoms. The van der Waals surface area contributed by atoms with Crippen LogP contribution in [-0.4, -0.2) is 58.4 Å². The molecule has 0 spiro atoms. The number of phenols is 1. The van der Waals surface area contributed by atoms with Crippen LogP contribution in [0.3, 0.4) is 0 Å². The summed E-state index contributed by atoms with van der Waals surface area (Å²) in [6.07, 6.45) is -2.55. The fourth-order valence-corrected chi connectivity index (χ4v) is 4.73. The van der Waals surface area contributed by atoms with Gasteiger partial charge in [-0.15, -0.1) is 0 Å². The lowest BCUT2D eigenvalue weighted by Gasteiger charge is -2.31. The van der Waals surface area contributed by atoms with Crippen molar-refractivity contribution in [3.63, 3.8) is 0 Å². The highest BCUT2D eigenvalue weighted by Gasteiger charge is 2.51. The van der Waals surface area contributed by atoms with Gasteiger partial charge in [-0.25, -0.2) is 9.59 Å². The molecule has 3 N–H and O–H groups in total. The maximum atomic E-state index is 12.9. The lowest BCUT2D eigenvalue weighted by molar-refractivity contribution is -0.169. The zero-order valence-corrected chi connectivity index (χ0v) is 16.7. The summed E-state index contributed by atoms with van der Waals surface area (Å²) in [5.41, 5.74) is -1.73. The van der Waals surface area contributed by atoms with E-state index in [1.165, 1.54) is 6.07 Å². The number of carbonyl (C=O) groups is 2. The Morgan fingerprint density at radius 2 is 2.03 bits per heavy atom. The molecule has 156 valence electrons. The molecule has 0 radical (unpaired) electrons. The minimum absolute atomic E-state index is 0.00630. The maximum absolute atomic E-state index is 12.9. The fourth-order valence-electron chi connectivity index (χ4n) is 3.38. The van der Waals surface area contributed by atoms with Crippen LogP contribution < -0.4 is 5.43 Å². The molecule has 9 nitrogen and oxygen atoms in total. The van der Waals surface area contributed by atoms with Crippen molar-refractivity contribution in [1.82, 2.24) is 0 Å². The van der Waals surface area contributed by atoms with E-state index in [0.29, 0.717) is 5.56 Å². The van der Waals surface area contributed by atoms with E-state index in [2.05, 4.69) is 9.47 Å². The van der Waals surface area contributed by atoms with E-state index in [4.69, 9.17) is 4.42 Å². The first-order valence-corrected chi connectivity index (χ1v) is 9.53. The van der Waals surface area contributed by atoms with Crippen molar-refractivity contribution in [1.29, 1.82) is 0 Å². The molecule has 2 aromatic rings. The Bertz CT molecular complexity index is 1040. The van der Waals surface area contributed by atoms with E-state index >= 15 is 0 Å². The van der Waals surface area contributed by atoms with Gasteiger partial charge in [-0.05, 0) is 31.0 Å². The highest BCUT2D eigenvalue weighted by molar-refractivity contribution is 8.00. The number of benzene rings is 1. The smallest absolute Gasteiger partial charge is 0.339 e. The largest absolute Gasteiger partial charge is 0.507 e. The number of fused-ring (bicyclic) bond motifs is 2. The van der Waals surface area contributed by atoms with Gasteiger partial charge in [-0.3, -0.25) is 4.79 Å². The number of aliphatic hydroxyl groups excluding tert-OH is 1. The zero-order chi connectivity index (χ0) is 21.5. The first kappa shape index (κ1) is 21.2. The van der Waals surface area contributed by atoms with Gasteiger partial charge in [-0.2, -0.15) is 0 Å². The molecule has 29 heavy (non-hydrogen) atoms. The molecule has 0 unspecified atom stereocenters. The molecule has 1 aliphatic rings. The van der Waals surface area contributed by atoms with Gasteiger partial charge in [0.05, 0.1) is 25.0 Å². The van der Waals surface area contributed by atoms with E-state index in [1.54, 1.807) is 13.0 Å². The maximum Gasteiger partial charge on any atom is 0.339 e. The summed E-state index contributed by atoms with van der Waals surface area (Å²) in [6.45, 7) is 1.73. The molecule has 0 bridgehead atoms. The van der Waals surface area contributed by atoms with Crippen molar-refractivity contribution in [3.05, 3.63) is 33.5 Å². The number of rotatable bonds is 5. The van der Waals surface area contributed by atoms with Crippen LogP contribution in [0.4, 0.5) is 0 Å². The van der Waals surface area contributed by atoms with Crippen LogP contribution in [0.2, 0.25) is 0 Å². The van der Waals surface area contributed by atoms with E-state index in [1.807, 2.05) is 0 Å². The van der Waals surface area contributed by atoms with Crippen molar-refractivity contribution in [3.8, 4) is 5.75 Å². The van der Waals surface area contributed by atoms with E-state index < -0.39 is 40.7 Å². The number of aryl methyl sites for hydroxylation is 1. The predicted octanol–water partition coefficient (Wildman–Crippen LogP) is 0.652. The van der Waals surface area contributed by atoms with Gasteiger partial charge in [0.25, 0.3) is 0 Å². The molecule has 2 heterocycles. The number of thioether (sulfide) groups is 1. The number of aliphatic hydroxyl groups is 2. The van der Waals surface area contributed by atoms with Crippen LogP contribution in [0.25, 0.3) is 11.0 Å². The van der Waals surface area contributed by atoms with Gasteiger partial charge in [0.2, 0.25) is 5.43 Å². The average Bonchev–Trinajstić information content (AvgIpc) is 3.10. The van der Waals surface area contributed by atoms with Crippen LogP contribution >= 0.6 is 11.8 Å². The number of aromatic hydroxyl groups is 1. The third kappa shape index (κ3) is 3.59. The molecule has 0 aliphatic carbocycles. The summed E-state index contributed by atoms with van der Waals surface area (Å²) in [7, 11) is 2.12. The molecule has 0 saturated heterocycles. The van der Waals surface area contributed by atoms with Crippen LogP contribution in [-0.2, 0) is 25.5 Å². The van der Waals surface area contributed by atoms with Crippen LogP contribution in [0, 0.1) is 6.92 Å². The number of hydrogen-bond acceptors (Lipinski definition) is 10. The second-order valence-electron chi connectivity index (χ2n) is 6.82. The quantitative estimate of drug-likeness (QED) is 0.585. The van der Waals surface area contributed by atoms with Crippen LogP contribution in [0.1, 0.15) is 17.5 Å². The fraction of sp³-hybridized carbons (Fsp3) is 0.421. The number of esters is 2. The molecule has 1 aliphatic heterocycles. The van der Waals surface area contributed by atoms with Gasteiger partial charge < -0.3 is 29.2 Å². The minimum Gasteiger partial charge on any atom is -0.507 e. The second kappa shape index (κ2) is 7.69. The van der Waals surface area contributed by atoms with Crippen molar-refractivity contribution in [2.24, 2.45) is 0 Å². The summed E-state index contributed by atoms with van der Waals surface area (Å²) in [4.78, 5) is 36.8. The molecule has 3 rings (SSSR count). The second-order valence-corrected chi connectivity index (χ2v) is 8.00. The van der Waals surface area contributed by atoms with Crippen molar-refractivity contribution >= 4 is 34.7 Å². The molecular weight excluding hydrogens is 404 g/mol. The minimum atomic E-state index is -2.29. The van der Waals surface area contributed by atoms with Gasteiger partial charge in [0, 0.05) is 6.42 Å². The van der Waals surface area contributed by atoms with E-state index in [0.717, 1.165) is 26.0 Å². The molecule has 1 aromatic heterocycles. The molecule has 0 fully saturated rings. The van der Waals surface area contributed by atoms with Crippen LogP contribution in [0.5, 0.6) is 5.75 Å². The predicted molar refractivity (Wildman–Crippen MR) is 102 cm³/mol. The summed E-state index contributed by atoms with van der Waals surface area (Å²) >= 11 is 0.926. The molecule has 3 atom stereocenters. The number of phenolic OH excluding ortho intramolecular Hbond substituents is 1. The topological polar surface area (TPSA) is 144 Å². The molecule has 0 amide bonds. The zero-order valence-electron chi connectivity index (χ0n) is 15.9. The summed E-state index contributed by atoms with van der Waals surface area (Å²) in [5, 5.41) is 30.4. The normalized spacial score (nSPS) is 18.7. The molecular formula is C19H20O9S. The standard InChI is InChI=1S/C19H20O9S/c1-8-4-10(20)14-12(5-8)28-17-9(15(14)22)6-13(29-17)19(25,18(24)27-3)7-11(21)16(23)26-2/h4-5,11,13,20-21,25H,6-7H2,1-3H3/t11-,13+,19-/m1/s1. The lowest BCUT2D eigenvalue weighted by Crippen LogP contribution is -2.52. The summed E-state index contributed by atoms with van der Waals surface area (Å²) in [5.74, 6) is -2.32. The SMILES string of the molecule is COC(=O)[C@H](O)C[C@](O)(C(=O)OC)[C@@H]1Cc2c(oc3cc(C)cc(O)c3c2=O)S1. The van der Waals surface area contributed by atoms with E-state index in [9.17, 15) is 29.7 Å². The van der Waals surface area contributed by atoms with Gasteiger partial charge >= 0.3 is 11.9 Å². The van der Waals surface area contributed by atoms with Crippen LogP contribution in [0.15, 0.2) is 26.4 Å². The number of carbonyl (C=O) groups excluding carboxylic acids is 2. The Labute approximate surface area is 169 Å². The first-order chi connectivity index (χ1) is 13.6. The van der Waals surface area contributed by atoms with Gasteiger partial charge in [-0.1, -0.05) is 11.8 Å². The monoisotopic (exact) mass is 424 g/mol. The van der Waals surface area contributed by atoms with Gasteiger partial charge in [0.15, 0.2) is 16.8 Å². The Morgan fingerprint density at radius 1 is 1.34 bits per heavy atom. The third-order valence-electron chi connectivity index (χ3n) is 4.86. The summed E-state index contributed by atoms with van der Waals surface area (Å²) in [6, 6.07) is 3.03. The van der Waals surface area contributed by atoms with Gasteiger partial charge in [0.1, 0.15) is 16.7 Å². The lowest BCUT2D eigenvalue weighted by atomic mass is 9.88. The number of methoxy groups -OCH3 is 2. The Morgan fingerprint density at radius 3 is 2.66 bits per heavy atom. The Hall–Kier alpha value is -2.56. The average molecular weight is 424 g/mol. The Balaban J connectivity index is 2.04. The molecule has 1 aromatic carbocycles. The Kier molecular flexibility index (Phi) is 5.61. The van der Waals surface area contributed by atoms with E-state index in [-0.39, 0.29) is 33.8 Å². The van der Waals surface area contributed by atoms with Crippen molar-refractivity contribution in [2.75, 3.05) is 14.2 Å². The highest BCUT2D eigenvalue weighted by Crippen LogP contribution is 2.44. The summed E-state index contributed by atoms with van der Waals surface area (Å²) < 4.78 is 14.9. The highest BCUT2D eigenvalue weighted by atomic mass is 32.2. The van der Waals surface area contributed by atoms with Crippen molar-refractivity contribution in [2.45, 2.75) is 41.8 Å². The number of hydrogen-bond donors (Lipinski definition) is 3. The molecule has 0 saturated carbocycles. The van der Waals surface area contributed by atoms with Crippen molar-refractivity contribution < 1.29 is 38.8 Å². The first-order valence-electron chi connectivity index (χ1n) is 8.65. The number of ether oxygens (including phenoxy) is 2. The third-order valence-corrected chi connectivity index (χ3v) is 6.25.